The molecule has 0 aliphatic carbocycles. The average molecular weight is 323 g/mol. The highest BCUT2D eigenvalue weighted by Crippen LogP contribution is 2.11. The summed E-state index contributed by atoms with van der Waals surface area (Å²) in [4.78, 5) is 0. The topological polar surface area (TPSA) is 67.4 Å². The van der Waals surface area contributed by atoms with Crippen molar-refractivity contribution in [3.05, 3.63) is 34.3 Å². The Kier molecular flexibility index (Phi) is 6.07. The fourth-order valence-corrected chi connectivity index (χ4v) is 2.41. The van der Waals surface area contributed by atoms with Crippen molar-refractivity contribution in [2.75, 3.05) is 20.3 Å². The van der Waals surface area contributed by atoms with Crippen LogP contribution in [0.1, 0.15) is 5.56 Å². The Morgan fingerprint density at radius 2 is 2.12 bits per heavy atom. The molecule has 0 bridgehead atoms. The van der Waals surface area contributed by atoms with Gasteiger partial charge >= 0.3 is 0 Å². The zero-order valence-corrected chi connectivity index (χ0v) is 11.8. The lowest BCUT2D eigenvalue weighted by Gasteiger charge is -2.08. The summed E-state index contributed by atoms with van der Waals surface area (Å²) in [6.07, 6.45) is 0. The van der Waals surface area contributed by atoms with E-state index in [1.54, 1.807) is 0 Å². The van der Waals surface area contributed by atoms with E-state index >= 15 is 0 Å². The first kappa shape index (κ1) is 14.6. The molecule has 0 radical (unpaired) electrons. The fourth-order valence-electron chi connectivity index (χ4n) is 1.15. The van der Waals surface area contributed by atoms with Crippen LogP contribution in [0.25, 0.3) is 0 Å². The lowest BCUT2D eigenvalue weighted by atomic mass is 10.2. The van der Waals surface area contributed by atoms with Crippen molar-refractivity contribution >= 4 is 26.1 Å². The van der Waals surface area contributed by atoms with E-state index in [1.807, 2.05) is 24.3 Å². The highest BCUT2D eigenvalue weighted by molar-refractivity contribution is 9.10. The molecule has 0 aromatic heterocycles. The van der Waals surface area contributed by atoms with Crippen LogP contribution in [-0.2, 0) is 21.5 Å². The van der Waals surface area contributed by atoms with Crippen LogP contribution in [0.15, 0.2) is 28.7 Å². The fraction of sp³-hybridized carbons (Fsp3) is 0.400. The Morgan fingerprint density at radius 1 is 1.35 bits per heavy atom. The first-order valence-corrected chi connectivity index (χ1v) is 7.29. The molecular weight excluding hydrogens is 308 g/mol. The van der Waals surface area contributed by atoms with Crippen molar-refractivity contribution in [1.82, 2.24) is 9.44 Å². The minimum absolute atomic E-state index is 0.252. The Bertz CT molecular complexity index is 451. The number of methoxy groups -OCH3 is 1. The molecule has 0 heterocycles. The minimum atomic E-state index is -3.46. The Balaban J connectivity index is 2.44. The van der Waals surface area contributed by atoms with Crippen LogP contribution in [0.4, 0.5) is 0 Å². The molecule has 0 atom stereocenters. The van der Waals surface area contributed by atoms with Crippen LogP contribution in [0, 0.1) is 0 Å². The number of hydrogen-bond acceptors (Lipinski definition) is 3. The van der Waals surface area contributed by atoms with Crippen LogP contribution in [0.5, 0.6) is 0 Å². The first-order chi connectivity index (χ1) is 8.03. The predicted octanol–water partition coefficient (Wildman–Crippen LogP) is 1.02. The number of hydrogen-bond donors (Lipinski definition) is 2. The third kappa shape index (κ3) is 6.13. The van der Waals surface area contributed by atoms with Crippen LogP contribution < -0.4 is 9.44 Å². The van der Waals surface area contributed by atoms with Crippen molar-refractivity contribution in [3.8, 4) is 0 Å². The van der Waals surface area contributed by atoms with E-state index < -0.39 is 10.2 Å². The van der Waals surface area contributed by atoms with Gasteiger partial charge in [0.2, 0.25) is 0 Å². The molecule has 0 saturated carbocycles. The van der Waals surface area contributed by atoms with Crippen LogP contribution in [-0.4, -0.2) is 28.7 Å². The van der Waals surface area contributed by atoms with Gasteiger partial charge in [0.05, 0.1) is 6.61 Å². The molecule has 17 heavy (non-hydrogen) atoms. The number of ether oxygens (including phenoxy) is 1. The van der Waals surface area contributed by atoms with Crippen molar-refractivity contribution in [2.24, 2.45) is 0 Å². The third-order valence-corrected chi connectivity index (χ3v) is 3.56. The van der Waals surface area contributed by atoms with Gasteiger partial charge in [-0.1, -0.05) is 28.1 Å². The van der Waals surface area contributed by atoms with Gasteiger partial charge in [-0.15, -0.1) is 0 Å². The maximum atomic E-state index is 11.5. The number of halogens is 1. The first-order valence-electron chi connectivity index (χ1n) is 5.01. The van der Waals surface area contributed by atoms with E-state index in [1.165, 1.54) is 7.11 Å². The molecule has 0 spiro atoms. The Hall–Kier alpha value is -0.470. The molecule has 0 aliphatic rings. The summed E-state index contributed by atoms with van der Waals surface area (Å²) in [5, 5.41) is 0. The molecule has 5 nitrogen and oxygen atoms in total. The van der Waals surface area contributed by atoms with Crippen molar-refractivity contribution in [3.63, 3.8) is 0 Å². The highest BCUT2D eigenvalue weighted by atomic mass is 79.9. The number of nitrogens with one attached hydrogen (secondary N) is 2. The number of benzene rings is 1. The molecular formula is C10H15BrN2O3S. The second kappa shape index (κ2) is 7.07. The second-order valence-corrected chi connectivity index (χ2v) is 5.84. The normalized spacial score (nSPS) is 11.6. The maximum absolute atomic E-state index is 11.5. The molecule has 96 valence electrons. The summed E-state index contributed by atoms with van der Waals surface area (Å²) in [7, 11) is -1.94. The molecule has 1 aromatic carbocycles. The van der Waals surface area contributed by atoms with Crippen LogP contribution in [0.3, 0.4) is 0 Å². The van der Waals surface area contributed by atoms with Gasteiger partial charge in [-0.2, -0.15) is 17.9 Å². The molecule has 0 aliphatic heterocycles. The van der Waals surface area contributed by atoms with Gasteiger partial charge in [0.1, 0.15) is 0 Å². The molecule has 1 aromatic rings. The third-order valence-electron chi connectivity index (χ3n) is 1.95. The van der Waals surface area contributed by atoms with E-state index in [0.717, 1.165) is 10.0 Å². The summed E-state index contributed by atoms with van der Waals surface area (Å²) in [6, 6.07) is 7.45. The molecule has 1 rings (SSSR count). The lowest BCUT2D eigenvalue weighted by Crippen LogP contribution is -2.37. The largest absolute Gasteiger partial charge is 0.383 e. The second-order valence-electron chi connectivity index (χ2n) is 3.34. The van der Waals surface area contributed by atoms with Crippen molar-refractivity contribution < 1.29 is 13.2 Å². The van der Waals surface area contributed by atoms with Crippen molar-refractivity contribution in [2.45, 2.75) is 6.54 Å². The van der Waals surface area contributed by atoms with E-state index in [0.29, 0.717) is 6.61 Å². The summed E-state index contributed by atoms with van der Waals surface area (Å²) < 4.78 is 33.4. The van der Waals surface area contributed by atoms with Crippen molar-refractivity contribution in [1.29, 1.82) is 0 Å². The summed E-state index contributed by atoms with van der Waals surface area (Å²) in [5.74, 6) is 0. The van der Waals surface area contributed by atoms with Gasteiger partial charge in [-0.3, -0.25) is 0 Å². The smallest absolute Gasteiger partial charge is 0.277 e. The predicted molar refractivity (Wildman–Crippen MR) is 69.8 cm³/mol. The zero-order chi connectivity index (χ0) is 12.7. The van der Waals surface area contributed by atoms with Crippen LogP contribution >= 0.6 is 15.9 Å². The molecule has 0 amide bonds. The van der Waals surface area contributed by atoms with E-state index in [-0.39, 0.29) is 13.1 Å². The summed E-state index contributed by atoms with van der Waals surface area (Å²) in [6.45, 7) is 0.851. The molecule has 0 unspecified atom stereocenters. The number of rotatable bonds is 7. The van der Waals surface area contributed by atoms with Gasteiger partial charge in [-0.25, -0.2) is 0 Å². The Labute approximate surface area is 110 Å². The molecule has 2 N–H and O–H groups in total. The van der Waals surface area contributed by atoms with E-state index in [4.69, 9.17) is 4.74 Å². The van der Waals surface area contributed by atoms with Gasteiger partial charge in [0.15, 0.2) is 0 Å². The standard InChI is InChI=1S/C10H15BrN2O3S/c1-16-6-5-12-17(14,15)13-8-9-3-2-4-10(11)7-9/h2-4,7,12-13H,5-6,8H2,1H3. The molecule has 7 heteroatoms. The average Bonchev–Trinajstić information content (AvgIpc) is 2.27. The quantitative estimate of drug-likeness (QED) is 0.736. The van der Waals surface area contributed by atoms with Gasteiger partial charge < -0.3 is 4.74 Å². The maximum Gasteiger partial charge on any atom is 0.277 e. The molecule has 0 fully saturated rings. The SMILES string of the molecule is COCCNS(=O)(=O)NCc1cccc(Br)c1. The minimum Gasteiger partial charge on any atom is -0.383 e. The summed E-state index contributed by atoms with van der Waals surface area (Å²) in [5.41, 5.74) is 0.886. The lowest BCUT2D eigenvalue weighted by molar-refractivity contribution is 0.204. The molecule has 0 saturated heterocycles. The summed E-state index contributed by atoms with van der Waals surface area (Å²) >= 11 is 3.32. The zero-order valence-electron chi connectivity index (χ0n) is 9.44. The monoisotopic (exact) mass is 322 g/mol. The highest BCUT2D eigenvalue weighted by Gasteiger charge is 2.07. The van der Waals surface area contributed by atoms with E-state index in [9.17, 15) is 8.42 Å². The van der Waals surface area contributed by atoms with Crippen LogP contribution in [0.2, 0.25) is 0 Å². The Morgan fingerprint density at radius 3 is 2.76 bits per heavy atom. The van der Waals surface area contributed by atoms with Gasteiger partial charge in [-0.05, 0) is 17.7 Å². The van der Waals surface area contributed by atoms with E-state index in [2.05, 4.69) is 25.4 Å². The van der Waals surface area contributed by atoms with Gasteiger partial charge in [0, 0.05) is 24.7 Å². The van der Waals surface area contributed by atoms with Gasteiger partial charge in [0.25, 0.3) is 10.2 Å².